The van der Waals surface area contributed by atoms with Crippen molar-refractivity contribution in [2.45, 2.75) is 95.7 Å². The molecule has 0 unspecified atom stereocenters. The number of hydrogen-bond donors (Lipinski definition) is 0. The summed E-state index contributed by atoms with van der Waals surface area (Å²) in [5, 5.41) is 0. The average molecular weight is 413 g/mol. The third-order valence-corrected chi connectivity index (χ3v) is 7.72. The molecule has 4 rings (SSSR count). The predicted octanol–water partition coefficient (Wildman–Crippen LogP) is 5.40. The lowest BCUT2D eigenvalue weighted by Gasteiger charge is -2.44. The SMILES string of the molecule is CCCC(=O)N1Cc2ccccc2OC2(CCC(N(C)CC3CCCCC3)CC2)C1. The lowest BCUT2D eigenvalue weighted by atomic mass is 9.80. The van der Waals surface area contributed by atoms with Crippen LogP contribution in [0.3, 0.4) is 0 Å². The maximum absolute atomic E-state index is 12.8. The van der Waals surface area contributed by atoms with E-state index in [1.165, 1.54) is 51.5 Å². The van der Waals surface area contributed by atoms with Gasteiger partial charge in [-0.25, -0.2) is 0 Å². The third-order valence-electron chi connectivity index (χ3n) is 7.72. The first-order valence-corrected chi connectivity index (χ1v) is 12.3. The van der Waals surface area contributed by atoms with Crippen molar-refractivity contribution in [2.75, 3.05) is 20.1 Å². The van der Waals surface area contributed by atoms with Gasteiger partial charge >= 0.3 is 0 Å². The molecule has 0 N–H and O–H groups in total. The first-order valence-electron chi connectivity index (χ1n) is 12.3. The summed E-state index contributed by atoms with van der Waals surface area (Å²) < 4.78 is 6.71. The zero-order valence-electron chi connectivity index (χ0n) is 19.1. The summed E-state index contributed by atoms with van der Waals surface area (Å²) in [6.07, 6.45) is 13.0. The van der Waals surface area contributed by atoms with Crippen LogP contribution in [0.15, 0.2) is 24.3 Å². The first-order chi connectivity index (χ1) is 14.6. The minimum Gasteiger partial charge on any atom is -0.485 e. The molecule has 0 saturated heterocycles. The first kappa shape index (κ1) is 21.7. The largest absolute Gasteiger partial charge is 0.485 e. The molecule has 1 aromatic rings. The van der Waals surface area contributed by atoms with Crippen LogP contribution in [0.2, 0.25) is 0 Å². The zero-order valence-corrected chi connectivity index (χ0v) is 19.1. The maximum atomic E-state index is 12.8. The Labute approximate surface area is 183 Å². The highest BCUT2D eigenvalue weighted by Crippen LogP contribution is 2.40. The highest BCUT2D eigenvalue weighted by atomic mass is 16.5. The van der Waals surface area contributed by atoms with E-state index in [1.54, 1.807) is 0 Å². The van der Waals surface area contributed by atoms with Crippen LogP contribution >= 0.6 is 0 Å². The standard InChI is InChI=1S/C26H40N2O2/c1-3-9-25(29)28-19-22-12-7-8-13-24(22)30-26(20-28)16-14-23(15-17-26)27(2)18-21-10-5-4-6-11-21/h7-8,12-13,21,23H,3-6,9-11,14-20H2,1-2H3. The molecule has 1 aliphatic heterocycles. The number of fused-ring (bicyclic) bond motifs is 1. The van der Waals surface area contributed by atoms with Crippen LogP contribution in [0.4, 0.5) is 0 Å². The van der Waals surface area contributed by atoms with Gasteiger partial charge in [0.25, 0.3) is 0 Å². The summed E-state index contributed by atoms with van der Waals surface area (Å²) in [6.45, 7) is 4.76. The van der Waals surface area contributed by atoms with Gasteiger partial charge < -0.3 is 14.5 Å². The van der Waals surface area contributed by atoms with Crippen molar-refractivity contribution < 1.29 is 9.53 Å². The molecule has 1 spiro atoms. The smallest absolute Gasteiger partial charge is 0.222 e. The third kappa shape index (κ3) is 5.01. The molecule has 0 aromatic heterocycles. The molecule has 1 aromatic carbocycles. The fourth-order valence-corrected chi connectivity index (χ4v) is 5.91. The van der Waals surface area contributed by atoms with Gasteiger partial charge in [-0.15, -0.1) is 0 Å². The van der Waals surface area contributed by atoms with Gasteiger partial charge in [-0.05, 0) is 64.0 Å². The maximum Gasteiger partial charge on any atom is 0.222 e. The van der Waals surface area contributed by atoms with Gasteiger partial charge in [-0.1, -0.05) is 44.4 Å². The van der Waals surface area contributed by atoms with E-state index in [-0.39, 0.29) is 11.5 Å². The Morgan fingerprint density at radius 2 is 1.87 bits per heavy atom. The van der Waals surface area contributed by atoms with Crippen molar-refractivity contribution in [3.8, 4) is 5.75 Å². The Bertz CT molecular complexity index is 705. The number of benzene rings is 1. The van der Waals surface area contributed by atoms with Crippen molar-refractivity contribution in [1.82, 2.24) is 9.80 Å². The van der Waals surface area contributed by atoms with E-state index in [9.17, 15) is 4.79 Å². The summed E-state index contributed by atoms with van der Waals surface area (Å²) in [4.78, 5) is 17.5. The molecule has 0 bridgehead atoms. The number of para-hydroxylation sites is 1. The van der Waals surface area contributed by atoms with E-state index in [2.05, 4.69) is 48.0 Å². The Hall–Kier alpha value is -1.55. The average Bonchev–Trinajstić information content (AvgIpc) is 2.92. The Kier molecular flexibility index (Phi) is 7.02. The summed E-state index contributed by atoms with van der Waals surface area (Å²) >= 11 is 0. The molecule has 1 amide bonds. The van der Waals surface area contributed by atoms with Crippen LogP contribution in [0.25, 0.3) is 0 Å². The molecule has 2 aliphatic carbocycles. The molecule has 2 saturated carbocycles. The van der Waals surface area contributed by atoms with Gasteiger partial charge in [0.2, 0.25) is 5.91 Å². The number of carbonyl (C=O) groups is 1. The fourth-order valence-electron chi connectivity index (χ4n) is 5.91. The summed E-state index contributed by atoms with van der Waals surface area (Å²) in [5.41, 5.74) is 0.924. The molecule has 0 atom stereocenters. The second-order valence-electron chi connectivity index (χ2n) is 10.1. The van der Waals surface area contributed by atoms with Crippen LogP contribution in [0.5, 0.6) is 5.75 Å². The molecular formula is C26H40N2O2. The van der Waals surface area contributed by atoms with E-state index in [1.807, 2.05) is 0 Å². The zero-order chi connectivity index (χ0) is 21.0. The minimum absolute atomic E-state index is 0.224. The van der Waals surface area contributed by atoms with Crippen LogP contribution in [-0.2, 0) is 11.3 Å². The molecule has 4 nitrogen and oxygen atoms in total. The summed E-state index contributed by atoms with van der Waals surface area (Å²) in [6, 6.07) is 8.97. The van der Waals surface area contributed by atoms with E-state index in [4.69, 9.17) is 4.74 Å². The van der Waals surface area contributed by atoms with E-state index in [0.717, 1.165) is 43.0 Å². The molecule has 4 heteroatoms. The van der Waals surface area contributed by atoms with Gasteiger partial charge in [0.15, 0.2) is 0 Å². The number of amides is 1. The van der Waals surface area contributed by atoms with Gasteiger partial charge in [0.05, 0.1) is 6.54 Å². The number of ether oxygens (including phenoxy) is 1. The lowest BCUT2D eigenvalue weighted by Crippen LogP contribution is -2.52. The van der Waals surface area contributed by atoms with Crippen molar-refractivity contribution >= 4 is 5.91 Å². The van der Waals surface area contributed by atoms with Crippen molar-refractivity contribution in [3.63, 3.8) is 0 Å². The highest BCUT2D eigenvalue weighted by molar-refractivity contribution is 5.76. The second kappa shape index (κ2) is 9.72. The Morgan fingerprint density at radius 1 is 1.13 bits per heavy atom. The topological polar surface area (TPSA) is 32.8 Å². The molecular weight excluding hydrogens is 372 g/mol. The highest BCUT2D eigenvalue weighted by Gasteiger charge is 2.42. The van der Waals surface area contributed by atoms with Crippen LogP contribution in [-0.4, -0.2) is 47.5 Å². The molecule has 3 aliphatic rings. The van der Waals surface area contributed by atoms with Crippen molar-refractivity contribution in [2.24, 2.45) is 5.92 Å². The van der Waals surface area contributed by atoms with Gasteiger partial charge in [-0.3, -0.25) is 4.79 Å². The predicted molar refractivity (Wildman–Crippen MR) is 122 cm³/mol. The molecule has 1 heterocycles. The second-order valence-corrected chi connectivity index (χ2v) is 10.1. The normalized spacial score (nSPS) is 27.6. The number of rotatable bonds is 5. The quantitative estimate of drug-likeness (QED) is 0.649. The Morgan fingerprint density at radius 3 is 2.60 bits per heavy atom. The monoisotopic (exact) mass is 412 g/mol. The number of carbonyl (C=O) groups excluding carboxylic acids is 1. The van der Waals surface area contributed by atoms with E-state index in [0.29, 0.717) is 19.0 Å². The lowest BCUT2D eigenvalue weighted by molar-refractivity contribution is -0.135. The van der Waals surface area contributed by atoms with Crippen LogP contribution in [0, 0.1) is 5.92 Å². The van der Waals surface area contributed by atoms with Crippen molar-refractivity contribution in [1.29, 1.82) is 0 Å². The minimum atomic E-state index is -0.224. The number of hydrogen-bond acceptors (Lipinski definition) is 3. The molecule has 2 fully saturated rings. The molecule has 0 radical (unpaired) electrons. The van der Waals surface area contributed by atoms with Gasteiger partial charge in [0.1, 0.15) is 11.4 Å². The van der Waals surface area contributed by atoms with E-state index < -0.39 is 0 Å². The molecule has 166 valence electrons. The van der Waals surface area contributed by atoms with E-state index >= 15 is 0 Å². The van der Waals surface area contributed by atoms with Crippen LogP contribution in [0.1, 0.15) is 83.1 Å². The van der Waals surface area contributed by atoms with Gasteiger partial charge in [-0.2, -0.15) is 0 Å². The summed E-state index contributed by atoms with van der Waals surface area (Å²) in [7, 11) is 2.33. The summed E-state index contributed by atoms with van der Waals surface area (Å²) in [5.74, 6) is 2.15. The molecule has 30 heavy (non-hydrogen) atoms. The fraction of sp³-hybridized carbons (Fsp3) is 0.731. The van der Waals surface area contributed by atoms with Crippen LogP contribution < -0.4 is 4.74 Å². The Balaban J connectivity index is 1.43. The van der Waals surface area contributed by atoms with Gasteiger partial charge in [0, 0.05) is 31.1 Å². The van der Waals surface area contributed by atoms with Crippen molar-refractivity contribution in [3.05, 3.63) is 29.8 Å². The number of nitrogens with zero attached hydrogens (tertiary/aromatic N) is 2.